The Kier molecular flexibility index (Phi) is 6.76. The summed E-state index contributed by atoms with van der Waals surface area (Å²) < 4.78 is 0. The van der Waals surface area contributed by atoms with E-state index in [-0.39, 0.29) is 24.8 Å². The predicted octanol–water partition coefficient (Wildman–Crippen LogP) is 4.14. The van der Waals surface area contributed by atoms with E-state index in [4.69, 9.17) is 0 Å². The second kappa shape index (κ2) is 8.39. The predicted molar refractivity (Wildman–Crippen MR) is 105 cm³/mol. The summed E-state index contributed by atoms with van der Waals surface area (Å²) in [6.07, 6.45) is 4.11. The van der Waals surface area contributed by atoms with Crippen molar-refractivity contribution in [3.8, 4) is 5.75 Å². The minimum Gasteiger partial charge on any atom is -0.508 e. The van der Waals surface area contributed by atoms with Crippen LogP contribution in [0.25, 0.3) is 10.8 Å². The average molecular weight is 369 g/mol. The van der Waals surface area contributed by atoms with Crippen molar-refractivity contribution in [3.05, 3.63) is 42.0 Å². The van der Waals surface area contributed by atoms with Crippen molar-refractivity contribution in [2.75, 3.05) is 26.2 Å². The third kappa shape index (κ3) is 4.34. The van der Waals surface area contributed by atoms with Crippen LogP contribution >= 0.6 is 24.8 Å². The lowest BCUT2D eigenvalue weighted by Crippen LogP contribution is -2.45. The Morgan fingerprint density at radius 2 is 1.67 bits per heavy atom. The Labute approximate surface area is 156 Å². The van der Waals surface area contributed by atoms with Crippen molar-refractivity contribution in [1.29, 1.82) is 0 Å². The quantitative estimate of drug-likeness (QED) is 0.851. The van der Waals surface area contributed by atoms with E-state index in [2.05, 4.69) is 28.4 Å². The summed E-state index contributed by atoms with van der Waals surface area (Å²) in [4.78, 5) is 2.65. The van der Waals surface area contributed by atoms with Crippen molar-refractivity contribution in [1.82, 2.24) is 10.2 Å². The van der Waals surface area contributed by atoms with Crippen molar-refractivity contribution < 1.29 is 5.11 Å². The zero-order valence-corrected chi connectivity index (χ0v) is 15.4. The topological polar surface area (TPSA) is 35.5 Å². The van der Waals surface area contributed by atoms with Gasteiger partial charge in [0, 0.05) is 32.2 Å². The van der Waals surface area contributed by atoms with Crippen LogP contribution in [-0.2, 0) is 0 Å². The van der Waals surface area contributed by atoms with Crippen LogP contribution in [0.4, 0.5) is 0 Å². The highest BCUT2D eigenvalue weighted by atomic mass is 35.5. The molecule has 1 saturated heterocycles. The van der Waals surface area contributed by atoms with E-state index in [1.807, 2.05) is 12.1 Å². The summed E-state index contributed by atoms with van der Waals surface area (Å²) in [6, 6.07) is 13.0. The molecule has 0 aromatic heterocycles. The fourth-order valence-electron chi connectivity index (χ4n) is 3.62. The van der Waals surface area contributed by atoms with E-state index in [1.165, 1.54) is 30.2 Å². The van der Waals surface area contributed by atoms with E-state index in [0.717, 1.165) is 37.5 Å². The van der Waals surface area contributed by atoms with E-state index in [0.29, 0.717) is 11.8 Å². The number of nitrogens with one attached hydrogen (secondary N) is 1. The zero-order chi connectivity index (χ0) is 14.9. The van der Waals surface area contributed by atoms with Crippen LogP contribution in [0.3, 0.4) is 0 Å². The number of phenols is 1. The maximum atomic E-state index is 9.62. The molecule has 1 aliphatic heterocycles. The minimum atomic E-state index is 0. The maximum Gasteiger partial charge on any atom is 0.116 e. The number of phenolic OH excluding ortho intramolecular Hbond substituents is 1. The van der Waals surface area contributed by atoms with Gasteiger partial charge in [-0.1, -0.05) is 31.0 Å². The zero-order valence-electron chi connectivity index (χ0n) is 13.8. The van der Waals surface area contributed by atoms with Crippen LogP contribution in [0.15, 0.2) is 36.4 Å². The van der Waals surface area contributed by atoms with Gasteiger partial charge in [-0.15, -0.1) is 24.8 Å². The summed E-state index contributed by atoms with van der Waals surface area (Å²) in [6.45, 7) is 4.49. The van der Waals surface area contributed by atoms with E-state index >= 15 is 0 Å². The largest absolute Gasteiger partial charge is 0.508 e. The normalized spacial score (nSPS) is 19.3. The van der Waals surface area contributed by atoms with Crippen molar-refractivity contribution >= 4 is 35.6 Å². The van der Waals surface area contributed by atoms with Crippen LogP contribution in [0.2, 0.25) is 0 Å². The molecular weight excluding hydrogens is 343 g/mol. The lowest BCUT2D eigenvalue weighted by Gasteiger charge is -2.35. The molecule has 1 saturated carbocycles. The molecule has 0 bridgehead atoms. The number of aromatic hydroxyl groups is 1. The molecule has 5 heteroatoms. The molecule has 2 N–H and O–H groups in total. The summed E-state index contributed by atoms with van der Waals surface area (Å²) in [5.74, 6) is 1.27. The summed E-state index contributed by atoms with van der Waals surface area (Å²) in [7, 11) is 0. The fraction of sp³-hybridized carbons (Fsp3) is 0.474. The third-order valence-electron chi connectivity index (χ3n) is 5.08. The summed E-state index contributed by atoms with van der Waals surface area (Å²) in [5.41, 5.74) is 1.44. The molecule has 1 atom stereocenters. The number of rotatable bonds is 4. The second-order valence-corrected chi connectivity index (χ2v) is 6.77. The fourth-order valence-corrected chi connectivity index (χ4v) is 3.62. The molecule has 132 valence electrons. The number of piperazine rings is 1. The van der Waals surface area contributed by atoms with Gasteiger partial charge < -0.3 is 10.4 Å². The third-order valence-corrected chi connectivity index (χ3v) is 5.08. The van der Waals surface area contributed by atoms with E-state index < -0.39 is 0 Å². The number of nitrogens with zero attached hydrogens (tertiary/aromatic N) is 1. The van der Waals surface area contributed by atoms with E-state index in [9.17, 15) is 5.11 Å². The van der Waals surface area contributed by atoms with Gasteiger partial charge in [-0.25, -0.2) is 0 Å². The van der Waals surface area contributed by atoms with Crippen LogP contribution in [-0.4, -0.2) is 36.2 Å². The minimum absolute atomic E-state index is 0. The average Bonchev–Trinajstić information content (AvgIpc) is 3.37. The molecule has 3 nitrogen and oxygen atoms in total. The molecule has 4 rings (SSSR count). The molecule has 0 unspecified atom stereocenters. The van der Waals surface area contributed by atoms with Crippen LogP contribution in [0.5, 0.6) is 5.75 Å². The molecule has 2 aromatic rings. The highest BCUT2D eigenvalue weighted by molar-refractivity contribution is 5.86. The van der Waals surface area contributed by atoms with E-state index in [1.54, 1.807) is 6.07 Å². The molecule has 1 heterocycles. The van der Waals surface area contributed by atoms with Crippen LogP contribution in [0.1, 0.15) is 30.9 Å². The highest BCUT2D eigenvalue weighted by Crippen LogP contribution is 2.40. The SMILES string of the molecule is Cl.Cl.Oc1ccc2cc([C@@H](CC3CC3)N3CCNCC3)ccc2c1. The Hall–Kier alpha value is -1.00. The van der Waals surface area contributed by atoms with Gasteiger partial charge in [0.2, 0.25) is 0 Å². The first-order chi connectivity index (χ1) is 10.8. The maximum absolute atomic E-state index is 9.62. The molecule has 2 fully saturated rings. The molecular formula is C19H26Cl2N2O. The van der Waals surface area contributed by atoms with Gasteiger partial charge in [0.1, 0.15) is 5.75 Å². The molecule has 1 aliphatic carbocycles. The van der Waals surface area contributed by atoms with Crippen LogP contribution in [0, 0.1) is 5.92 Å². The van der Waals surface area contributed by atoms with Crippen molar-refractivity contribution in [2.24, 2.45) is 5.92 Å². The Bertz CT molecular complexity index is 669. The van der Waals surface area contributed by atoms with Gasteiger partial charge >= 0.3 is 0 Å². The molecule has 24 heavy (non-hydrogen) atoms. The van der Waals surface area contributed by atoms with Crippen molar-refractivity contribution in [3.63, 3.8) is 0 Å². The number of halogens is 2. The summed E-state index contributed by atoms with van der Waals surface area (Å²) in [5, 5.41) is 15.4. The Morgan fingerprint density at radius 1 is 1.00 bits per heavy atom. The number of benzene rings is 2. The van der Waals surface area contributed by atoms with Crippen LogP contribution < -0.4 is 5.32 Å². The van der Waals surface area contributed by atoms with Crippen molar-refractivity contribution in [2.45, 2.75) is 25.3 Å². The number of fused-ring (bicyclic) bond motifs is 1. The lowest BCUT2D eigenvalue weighted by atomic mass is 9.96. The van der Waals surface area contributed by atoms with Gasteiger partial charge in [-0.2, -0.15) is 0 Å². The van der Waals surface area contributed by atoms with Gasteiger partial charge in [-0.05, 0) is 46.9 Å². The van der Waals surface area contributed by atoms with Gasteiger partial charge in [0.15, 0.2) is 0 Å². The highest BCUT2D eigenvalue weighted by Gasteiger charge is 2.30. The second-order valence-electron chi connectivity index (χ2n) is 6.77. The Morgan fingerprint density at radius 3 is 2.38 bits per heavy atom. The molecule has 0 amide bonds. The van der Waals surface area contributed by atoms with Gasteiger partial charge in [0.05, 0.1) is 0 Å². The molecule has 2 aromatic carbocycles. The smallest absolute Gasteiger partial charge is 0.116 e. The first-order valence-electron chi connectivity index (χ1n) is 8.47. The standard InChI is InChI=1S/C19H24N2O.2ClH/c22-18-6-5-15-12-17(4-3-16(15)13-18)19(11-14-1-2-14)21-9-7-20-8-10-21;;/h3-6,12-14,19-20,22H,1-2,7-11H2;2*1H/t19-;;/m1../s1. The monoisotopic (exact) mass is 368 g/mol. The Balaban J connectivity index is 0.00000104. The first-order valence-corrected chi connectivity index (χ1v) is 8.47. The summed E-state index contributed by atoms with van der Waals surface area (Å²) >= 11 is 0. The molecule has 2 aliphatic rings. The van der Waals surface area contributed by atoms with Gasteiger partial charge in [-0.3, -0.25) is 4.90 Å². The number of hydrogen-bond donors (Lipinski definition) is 2. The number of hydrogen-bond acceptors (Lipinski definition) is 3. The van der Waals surface area contributed by atoms with Gasteiger partial charge in [0.25, 0.3) is 0 Å². The lowest BCUT2D eigenvalue weighted by molar-refractivity contribution is 0.160. The molecule has 0 spiro atoms. The molecule has 0 radical (unpaired) electrons. The first kappa shape index (κ1) is 19.3.